The van der Waals surface area contributed by atoms with Crippen molar-refractivity contribution in [2.24, 2.45) is 33.8 Å². The van der Waals surface area contributed by atoms with E-state index in [0.29, 0.717) is 38.5 Å². The molecular weight excluding hydrogens is 616 g/mol. The van der Waals surface area contributed by atoms with Gasteiger partial charge in [0.25, 0.3) is 5.91 Å². The predicted octanol–water partition coefficient (Wildman–Crippen LogP) is -3.60. The number of piperidine rings is 1. The summed E-state index contributed by atoms with van der Waals surface area (Å²) in [5.41, 5.74) is 22.8. The van der Waals surface area contributed by atoms with E-state index in [-0.39, 0.29) is 37.2 Å². The van der Waals surface area contributed by atoms with Crippen molar-refractivity contribution in [3.05, 3.63) is 11.8 Å². The highest BCUT2D eigenvalue weighted by atomic mass is 16.4. The normalized spacial score (nSPS) is 21.4. The van der Waals surface area contributed by atoms with Crippen molar-refractivity contribution in [1.82, 2.24) is 25.8 Å². The van der Waals surface area contributed by atoms with E-state index >= 15 is 0 Å². The number of nitrogens with one attached hydrogen (secondary N) is 3. The number of aliphatic imine (C=N–C) groups is 1. The smallest absolute Gasteiger partial charge is 0.328 e. The summed E-state index contributed by atoms with van der Waals surface area (Å²) in [6.07, 6.45) is 4.07. The van der Waals surface area contributed by atoms with Gasteiger partial charge in [-0.3, -0.25) is 29.0 Å². The lowest BCUT2D eigenvalue weighted by atomic mass is 9.96. The molecule has 2 rings (SSSR count). The number of aliphatic hydroxyl groups excluding tert-OH is 1. The molecule has 264 valence electrons. The van der Waals surface area contributed by atoms with E-state index in [9.17, 15) is 33.9 Å². The van der Waals surface area contributed by atoms with Gasteiger partial charge in [-0.1, -0.05) is 13.0 Å². The lowest BCUT2D eigenvalue weighted by Crippen LogP contribution is -2.63. The van der Waals surface area contributed by atoms with Gasteiger partial charge in [0.15, 0.2) is 12.0 Å². The molecule has 13 N–H and O–H groups in total. The number of aliphatic carboxylic acids is 1. The average molecular weight is 667 g/mol. The van der Waals surface area contributed by atoms with E-state index in [2.05, 4.69) is 20.9 Å². The minimum absolute atomic E-state index is 0.0794. The molecule has 2 aliphatic rings. The van der Waals surface area contributed by atoms with Gasteiger partial charge in [-0.05, 0) is 58.3 Å². The van der Waals surface area contributed by atoms with Crippen LogP contribution in [-0.4, -0.2) is 124 Å². The SMILES string of the molecule is C/C=C(\NC(=O)[C@@H]1CCCN1C(=O)[C@@H]1CCCCN1C(=O)[C@@H](NC(=O)[C@@H](N)C(C)CCN=C(N)N)[C@H](C)N)C(=O)N[C@@H](CO)C(=O)O. The molecule has 18 nitrogen and oxygen atoms in total. The number of amides is 5. The number of likely N-dealkylation sites (tertiary alicyclic amines) is 2. The van der Waals surface area contributed by atoms with Crippen molar-refractivity contribution in [3.8, 4) is 0 Å². The molecule has 0 spiro atoms. The van der Waals surface area contributed by atoms with Gasteiger partial charge in [-0.25, -0.2) is 4.79 Å². The topological polar surface area (TPSA) is 302 Å². The molecule has 0 aromatic carbocycles. The molecule has 0 radical (unpaired) electrons. The molecule has 5 amide bonds. The summed E-state index contributed by atoms with van der Waals surface area (Å²) < 4.78 is 0. The van der Waals surface area contributed by atoms with Crippen LogP contribution in [0.2, 0.25) is 0 Å². The lowest BCUT2D eigenvalue weighted by Gasteiger charge is -2.40. The lowest BCUT2D eigenvalue weighted by molar-refractivity contribution is -0.151. The van der Waals surface area contributed by atoms with Crippen molar-refractivity contribution in [2.45, 2.75) is 95.5 Å². The fourth-order valence-electron chi connectivity index (χ4n) is 5.53. The summed E-state index contributed by atoms with van der Waals surface area (Å²) in [4.78, 5) is 84.6. The molecule has 0 bridgehead atoms. The number of hydrogen-bond acceptors (Lipinski definition) is 10. The van der Waals surface area contributed by atoms with Gasteiger partial charge in [0.05, 0.1) is 12.6 Å². The molecule has 1 unspecified atom stereocenters. The summed E-state index contributed by atoms with van der Waals surface area (Å²) >= 11 is 0. The summed E-state index contributed by atoms with van der Waals surface area (Å²) in [7, 11) is 0. The van der Waals surface area contributed by atoms with Gasteiger partial charge >= 0.3 is 5.97 Å². The van der Waals surface area contributed by atoms with Crippen LogP contribution >= 0.6 is 0 Å². The molecule has 2 fully saturated rings. The summed E-state index contributed by atoms with van der Waals surface area (Å²) in [5.74, 6) is -5.03. The van der Waals surface area contributed by atoms with Crippen LogP contribution < -0.4 is 38.9 Å². The number of allylic oxidation sites excluding steroid dienone is 1. The van der Waals surface area contributed by atoms with Gasteiger partial charge in [0.2, 0.25) is 23.6 Å². The average Bonchev–Trinajstić information content (AvgIpc) is 3.53. The van der Waals surface area contributed by atoms with Crippen LogP contribution in [0.15, 0.2) is 16.8 Å². The number of rotatable bonds is 15. The van der Waals surface area contributed by atoms with Crippen LogP contribution in [-0.2, 0) is 28.8 Å². The third-order valence-corrected chi connectivity index (χ3v) is 8.37. The maximum absolute atomic E-state index is 13.9. The van der Waals surface area contributed by atoms with Gasteiger partial charge in [-0.2, -0.15) is 0 Å². The zero-order valence-electron chi connectivity index (χ0n) is 27.2. The monoisotopic (exact) mass is 666 g/mol. The highest BCUT2D eigenvalue weighted by molar-refractivity contribution is 6.01. The molecule has 2 aliphatic heterocycles. The van der Waals surface area contributed by atoms with E-state index in [4.69, 9.17) is 28.0 Å². The Kier molecular flexibility index (Phi) is 15.0. The van der Waals surface area contributed by atoms with Gasteiger partial charge in [-0.15, -0.1) is 0 Å². The van der Waals surface area contributed by atoms with Gasteiger partial charge in [0.1, 0.15) is 23.8 Å². The Morgan fingerprint density at radius 2 is 1.60 bits per heavy atom. The maximum atomic E-state index is 13.9. The van der Waals surface area contributed by atoms with E-state index in [1.807, 2.05) is 0 Å². The Labute approximate surface area is 273 Å². The molecule has 0 aromatic rings. The number of hydrogen-bond donors (Lipinski definition) is 9. The number of nitrogens with zero attached hydrogens (tertiary/aromatic N) is 3. The summed E-state index contributed by atoms with van der Waals surface area (Å²) in [5, 5.41) is 25.6. The Hall–Kier alpha value is -4.29. The van der Waals surface area contributed by atoms with Crippen LogP contribution in [0, 0.1) is 5.92 Å². The van der Waals surface area contributed by atoms with E-state index in [0.717, 1.165) is 0 Å². The Morgan fingerprint density at radius 3 is 2.17 bits per heavy atom. The minimum Gasteiger partial charge on any atom is -0.480 e. The summed E-state index contributed by atoms with van der Waals surface area (Å²) in [6, 6.07) is -6.43. The fraction of sp³-hybridized carbons (Fsp3) is 0.690. The van der Waals surface area contributed by atoms with Crippen LogP contribution in [0.3, 0.4) is 0 Å². The van der Waals surface area contributed by atoms with E-state index in [1.54, 1.807) is 13.8 Å². The zero-order chi connectivity index (χ0) is 35.4. The van der Waals surface area contributed by atoms with Gasteiger partial charge in [0, 0.05) is 25.7 Å². The fourth-order valence-corrected chi connectivity index (χ4v) is 5.53. The highest BCUT2D eigenvalue weighted by Crippen LogP contribution is 2.26. The number of carboxylic acid groups (broad SMARTS) is 1. The molecule has 47 heavy (non-hydrogen) atoms. The predicted molar refractivity (Wildman–Crippen MR) is 171 cm³/mol. The Bertz CT molecular complexity index is 1220. The standard InChI is InChI=1S/C29H50N10O8/c1-4-17(23(41)36-18(14-40)28(46)47)35-24(42)19-9-7-13-38(19)26(44)20-8-5-6-12-39(20)27(45)22(16(3)30)37-25(43)21(31)15(2)10-11-34-29(32)33/h4,15-16,18-22,40H,5-14,30-31H2,1-3H3,(H,35,42)(H,36,41)(H,37,43)(H,46,47)(H4,32,33,34)/b17-4-/t15?,16-,18-,19-,20-,21-,22-/m0/s1. The van der Waals surface area contributed by atoms with Crippen molar-refractivity contribution in [1.29, 1.82) is 0 Å². The van der Waals surface area contributed by atoms with Crippen LogP contribution in [0.4, 0.5) is 0 Å². The quantitative estimate of drug-likeness (QED) is 0.0465. The third-order valence-electron chi connectivity index (χ3n) is 8.37. The number of carbonyl (C=O) groups excluding carboxylic acids is 5. The van der Waals surface area contributed by atoms with Crippen LogP contribution in [0.25, 0.3) is 0 Å². The molecule has 2 saturated heterocycles. The first-order valence-electron chi connectivity index (χ1n) is 15.7. The summed E-state index contributed by atoms with van der Waals surface area (Å²) in [6.45, 7) is 4.66. The first-order chi connectivity index (χ1) is 22.1. The first kappa shape index (κ1) is 38.9. The molecular formula is C29H50N10O8. The minimum atomic E-state index is -1.58. The third kappa shape index (κ3) is 10.6. The van der Waals surface area contributed by atoms with Crippen LogP contribution in [0.1, 0.15) is 59.3 Å². The number of carboxylic acids is 1. The van der Waals surface area contributed by atoms with Crippen LogP contribution in [0.5, 0.6) is 0 Å². The molecule has 0 aromatic heterocycles. The Balaban J connectivity index is 2.17. The second-order valence-electron chi connectivity index (χ2n) is 11.9. The number of guanidine groups is 1. The molecule has 2 heterocycles. The largest absolute Gasteiger partial charge is 0.480 e. The second-order valence-corrected chi connectivity index (χ2v) is 11.9. The molecule has 0 aliphatic carbocycles. The molecule has 0 saturated carbocycles. The van der Waals surface area contributed by atoms with Crippen molar-refractivity contribution >= 4 is 41.5 Å². The number of nitrogens with two attached hydrogens (primary N) is 4. The second kappa shape index (κ2) is 18.2. The molecule has 18 heteroatoms. The molecule has 7 atom stereocenters. The number of aliphatic hydroxyl groups is 1. The van der Waals surface area contributed by atoms with E-state index in [1.165, 1.54) is 22.8 Å². The van der Waals surface area contributed by atoms with Crippen molar-refractivity contribution in [2.75, 3.05) is 26.2 Å². The van der Waals surface area contributed by atoms with Gasteiger partial charge < -0.3 is 58.9 Å². The van der Waals surface area contributed by atoms with Crippen molar-refractivity contribution < 1.29 is 39.0 Å². The van der Waals surface area contributed by atoms with Crippen molar-refractivity contribution in [3.63, 3.8) is 0 Å². The maximum Gasteiger partial charge on any atom is 0.328 e. The highest BCUT2D eigenvalue weighted by Gasteiger charge is 2.43. The van der Waals surface area contributed by atoms with E-state index < -0.39 is 78.4 Å². The Morgan fingerprint density at radius 1 is 0.957 bits per heavy atom. The first-order valence-corrected chi connectivity index (χ1v) is 15.7. The zero-order valence-corrected chi connectivity index (χ0v) is 27.2. The number of carbonyl (C=O) groups is 6.